The minimum atomic E-state index is 0.152. The molecule has 1 aromatic carbocycles. The Morgan fingerprint density at radius 1 is 1.32 bits per heavy atom. The maximum Gasteiger partial charge on any atom is 0.220 e. The van der Waals surface area contributed by atoms with Crippen molar-refractivity contribution in [3.05, 3.63) is 34.9 Å². The van der Waals surface area contributed by atoms with Crippen LogP contribution < -0.4 is 5.32 Å². The number of carbonyl (C=O) groups excluding carboxylic acids is 1. The highest BCUT2D eigenvalue weighted by molar-refractivity contribution is 6.31. The molecule has 0 heterocycles. The fraction of sp³-hybridized carbons (Fsp3) is 0.562. The first-order valence-electron chi connectivity index (χ1n) is 7.19. The molecule has 0 spiro atoms. The third kappa shape index (κ3) is 4.24. The summed E-state index contributed by atoms with van der Waals surface area (Å²) in [6.45, 7) is 2.23. The van der Waals surface area contributed by atoms with Crippen molar-refractivity contribution >= 4 is 17.5 Å². The van der Waals surface area contributed by atoms with Crippen LogP contribution in [0.2, 0.25) is 5.02 Å². The van der Waals surface area contributed by atoms with Gasteiger partial charge in [0, 0.05) is 17.5 Å². The van der Waals surface area contributed by atoms with Crippen LogP contribution in [0, 0.1) is 5.92 Å². The van der Waals surface area contributed by atoms with Crippen molar-refractivity contribution in [1.82, 2.24) is 5.32 Å². The molecule has 1 aliphatic rings. The highest BCUT2D eigenvalue weighted by Gasteiger charge is 2.22. The molecule has 19 heavy (non-hydrogen) atoms. The smallest absolute Gasteiger partial charge is 0.220 e. The Morgan fingerprint density at radius 3 is 2.79 bits per heavy atom. The predicted molar refractivity (Wildman–Crippen MR) is 79.3 cm³/mol. The molecule has 2 rings (SSSR count). The monoisotopic (exact) mass is 279 g/mol. The fourth-order valence-corrected chi connectivity index (χ4v) is 2.99. The number of rotatable bonds is 4. The number of hydrogen-bond acceptors (Lipinski definition) is 1. The second-order valence-electron chi connectivity index (χ2n) is 5.53. The second kappa shape index (κ2) is 6.95. The Hall–Kier alpha value is -1.02. The topological polar surface area (TPSA) is 29.1 Å². The summed E-state index contributed by atoms with van der Waals surface area (Å²) in [5.74, 6) is 0.761. The zero-order chi connectivity index (χ0) is 13.7. The summed E-state index contributed by atoms with van der Waals surface area (Å²) in [5.41, 5.74) is 1.05. The maximum absolute atomic E-state index is 12.0. The van der Waals surface area contributed by atoms with E-state index in [-0.39, 0.29) is 5.91 Å². The van der Waals surface area contributed by atoms with Crippen LogP contribution in [-0.4, -0.2) is 11.9 Å². The van der Waals surface area contributed by atoms with Gasteiger partial charge in [0.15, 0.2) is 0 Å². The number of amides is 1. The van der Waals surface area contributed by atoms with Gasteiger partial charge in [-0.3, -0.25) is 4.79 Å². The number of benzene rings is 1. The Bertz CT molecular complexity index is 433. The third-order valence-electron chi connectivity index (χ3n) is 4.04. The molecular weight excluding hydrogens is 258 g/mol. The van der Waals surface area contributed by atoms with Gasteiger partial charge in [0.1, 0.15) is 0 Å². The Kier molecular flexibility index (Phi) is 5.26. The van der Waals surface area contributed by atoms with Gasteiger partial charge in [-0.1, -0.05) is 49.6 Å². The molecule has 2 unspecified atom stereocenters. The summed E-state index contributed by atoms with van der Waals surface area (Å²) < 4.78 is 0. The van der Waals surface area contributed by atoms with Crippen molar-refractivity contribution in [3.63, 3.8) is 0 Å². The Balaban J connectivity index is 1.80. The lowest BCUT2D eigenvalue weighted by molar-refractivity contribution is -0.122. The summed E-state index contributed by atoms with van der Waals surface area (Å²) in [6.07, 6.45) is 6.13. The fourth-order valence-electron chi connectivity index (χ4n) is 2.76. The number of hydrogen-bond donors (Lipinski definition) is 1. The van der Waals surface area contributed by atoms with Crippen LogP contribution in [0.1, 0.15) is 44.6 Å². The minimum Gasteiger partial charge on any atom is -0.353 e. The number of aryl methyl sites for hydroxylation is 1. The summed E-state index contributed by atoms with van der Waals surface area (Å²) in [6, 6.07) is 8.10. The van der Waals surface area contributed by atoms with Gasteiger partial charge < -0.3 is 5.32 Å². The lowest BCUT2D eigenvalue weighted by atomic mass is 9.86. The first-order valence-corrected chi connectivity index (χ1v) is 7.57. The van der Waals surface area contributed by atoms with E-state index in [2.05, 4.69) is 12.2 Å². The SMILES string of the molecule is CC1CCCCC1NC(=O)CCc1ccccc1Cl. The van der Waals surface area contributed by atoms with Gasteiger partial charge in [-0.2, -0.15) is 0 Å². The number of halogens is 1. The molecule has 1 N–H and O–H groups in total. The normalized spacial score (nSPS) is 23.1. The van der Waals surface area contributed by atoms with E-state index >= 15 is 0 Å². The van der Waals surface area contributed by atoms with Gasteiger partial charge in [0.25, 0.3) is 0 Å². The van der Waals surface area contributed by atoms with Gasteiger partial charge in [-0.15, -0.1) is 0 Å². The quantitative estimate of drug-likeness (QED) is 0.888. The van der Waals surface area contributed by atoms with Crippen LogP contribution in [0.15, 0.2) is 24.3 Å². The van der Waals surface area contributed by atoms with Crippen LogP contribution in [0.4, 0.5) is 0 Å². The summed E-state index contributed by atoms with van der Waals surface area (Å²) in [4.78, 5) is 12.0. The Morgan fingerprint density at radius 2 is 2.05 bits per heavy atom. The van der Waals surface area contributed by atoms with Crippen molar-refractivity contribution in [2.24, 2.45) is 5.92 Å². The van der Waals surface area contributed by atoms with E-state index in [4.69, 9.17) is 11.6 Å². The van der Waals surface area contributed by atoms with E-state index in [1.807, 2.05) is 24.3 Å². The van der Waals surface area contributed by atoms with E-state index in [1.165, 1.54) is 19.3 Å². The molecule has 0 bridgehead atoms. The molecule has 0 aromatic heterocycles. The van der Waals surface area contributed by atoms with Gasteiger partial charge in [-0.05, 0) is 36.8 Å². The molecule has 3 heteroatoms. The molecule has 1 amide bonds. The highest BCUT2D eigenvalue weighted by Crippen LogP contribution is 2.24. The van der Waals surface area contributed by atoms with Crippen LogP contribution in [0.5, 0.6) is 0 Å². The first kappa shape index (κ1) is 14.4. The standard InChI is InChI=1S/C16H22ClNO/c1-12-6-2-5-9-15(12)18-16(19)11-10-13-7-3-4-8-14(13)17/h3-4,7-8,12,15H,2,5-6,9-11H2,1H3,(H,18,19). The molecule has 0 saturated heterocycles. The third-order valence-corrected chi connectivity index (χ3v) is 4.41. The van der Waals surface area contributed by atoms with E-state index in [0.29, 0.717) is 24.8 Å². The van der Waals surface area contributed by atoms with Gasteiger partial charge >= 0.3 is 0 Å². The van der Waals surface area contributed by atoms with E-state index < -0.39 is 0 Å². The van der Waals surface area contributed by atoms with E-state index in [1.54, 1.807) is 0 Å². The summed E-state index contributed by atoms with van der Waals surface area (Å²) in [7, 11) is 0. The molecule has 1 aliphatic carbocycles. The molecular formula is C16H22ClNO. The highest BCUT2D eigenvalue weighted by atomic mass is 35.5. The molecule has 104 valence electrons. The molecule has 2 nitrogen and oxygen atoms in total. The van der Waals surface area contributed by atoms with Crippen molar-refractivity contribution in [2.75, 3.05) is 0 Å². The van der Waals surface area contributed by atoms with Crippen molar-refractivity contribution in [1.29, 1.82) is 0 Å². The van der Waals surface area contributed by atoms with Crippen LogP contribution in [0.25, 0.3) is 0 Å². The summed E-state index contributed by atoms with van der Waals surface area (Å²) >= 11 is 6.09. The van der Waals surface area contributed by atoms with Gasteiger partial charge in [0.05, 0.1) is 0 Å². The lowest BCUT2D eigenvalue weighted by Gasteiger charge is -2.29. The molecule has 0 aliphatic heterocycles. The summed E-state index contributed by atoms with van der Waals surface area (Å²) in [5, 5.41) is 3.93. The molecule has 2 atom stereocenters. The minimum absolute atomic E-state index is 0.152. The lowest BCUT2D eigenvalue weighted by Crippen LogP contribution is -2.41. The van der Waals surface area contributed by atoms with Gasteiger partial charge in [0.2, 0.25) is 5.91 Å². The maximum atomic E-state index is 12.0. The molecule has 1 saturated carbocycles. The Labute approximate surface area is 120 Å². The van der Waals surface area contributed by atoms with Crippen LogP contribution in [-0.2, 0) is 11.2 Å². The molecule has 1 aromatic rings. The van der Waals surface area contributed by atoms with Crippen molar-refractivity contribution < 1.29 is 4.79 Å². The van der Waals surface area contributed by atoms with Crippen LogP contribution in [0.3, 0.4) is 0 Å². The average molecular weight is 280 g/mol. The zero-order valence-electron chi connectivity index (χ0n) is 11.5. The predicted octanol–water partition coefficient (Wildman–Crippen LogP) is 3.97. The van der Waals surface area contributed by atoms with Crippen molar-refractivity contribution in [3.8, 4) is 0 Å². The number of carbonyl (C=O) groups is 1. The van der Waals surface area contributed by atoms with Crippen LogP contribution >= 0.6 is 11.6 Å². The van der Waals surface area contributed by atoms with Crippen molar-refractivity contribution in [2.45, 2.75) is 51.5 Å². The molecule has 0 radical (unpaired) electrons. The second-order valence-corrected chi connectivity index (χ2v) is 5.93. The zero-order valence-corrected chi connectivity index (χ0v) is 12.2. The average Bonchev–Trinajstić information content (AvgIpc) is 2.40. The first-order chi connectivity index (χ1) is 9.16. The van der Waals surface area contributed by atoms with E-state index in [0.717, 1.165) is 17.0 Å². The van der Waals surface area contributed by atoms with E-state index in [9.17, 15) is 4.79 Å². The largest absolute Gasteiger partial charge is 0.353 e. The molecule has 1 fully saturated rings. The number of nitrogens with one attached hydrogen (secondary N) is 1. The van der Waals surface area contributed by atoms with Gasteiger partial charge in [-0.25, -0.2) is 0 Å².